The molecule has 1 N–H and O–H groups in total. The van der Waals surface area contributed by atoms with Gasteiger partial charge in [-0.05, 0) is 56.6 Å². The molecule has 0 unspecified atom stereocenters. The number of piperidine rings is 1. The van der Waals surface area contributed by atoms with Crippen molar-refractivity contribution >= 4 is 44.0 Å². The van der Waals surface area contributed by atoms with Crippen molar-refractivity contribution in [2.45, 2.75) is 38.6 Å². The second-order valence-electron chi connectivity index (χ2n) is 11.9. The lowest BCUT2D eigenvalue weighted by atomic mass is 10.0. The SMILES string of the molecule is CCCc1cc2cnc(Nc3ccc(N4CCC(N5CCN(C)CC5)CC4)cn3)nc2n1-c1cccc(N=S(C)(C)=O)n1. The smallest absolute Gasteiger partial charge is 0.230 e. The van der Waals surface area contributed by atoms with Crippen LogP contribution in [0.1, 0.15) is 31.9 Å². The van der Waals surface area contributed by atoms with Crippen molar-refractivity contribution in [3.63, 3.8) is 0 Å². The van der Waals surface area contributed by atoms with Crippen LogP contribution in [0.15, 0.2) is 53.2 Å². The first kappa shape index (κ1) is 29.5. The lowest BCUT2D eigenvalue weighted by molar-refractivity contribution is 0.0982. The molecule has 43 heavy (non-hydrogen) atoms. The van der Waals surface area contributed by atoms with Gasteiger partial charge in [-0.2, -0.15) is 9.35 Å². The highest BCUT2D eigenvalue weighted by molar-refractivity contribution is 7.92. The summed E-state index contributed by atoms with van der Waals surface area (Å²) in [5, 5.41) is 4.22. The Balaban J connectivity index is 1.18. The molecule has 6 rings (SSSR count). The Morgan fingerprint density at radius 2 is 1.77 bits per heavy atom. The molecule has 2 aliphatic rings. The fourth-order valence-corrected chi connectivity index (χ4v) is 6.60. The van der Waals surface area contributed by atoms with Gasteiger partial charge >= 0.3 is 0 Å². The molecule has 2 aliphatic heterocycles. The van der Waals surface area contributed by atoms with E-state index in [9.17, 15) is 4.21 Å². The van der Waals surface area contributed by atoms with E-state index in [-0.39, 0.29) is 0 Å². The van der Waals surface area contributed by atoms with Crippen molar-refractivity contribution in [1.82, 2.24) is 34.3 Å². The number of piperazine rings is 1. The van der Waals surface area contributed by atoms with Gasteiger partial charge in [0.05, 0.1) is 11.9 Å². The monoisotopic (exact) mass is 602 g/mol. The maximum atomic E-state index is 12.3. The molecular weight excluding hydrogens is 560 g/mol. The fourth-order valence-electron chi connectivity index (χ4n) is 6.05. The molecule has 0 spiro atoms. The van der Waals surface area contributed by atoms with Gasteiger partial charge in [0.2, 0.25) is 5.95 Å². The van der Waals surface area contributed by atoms with Crippen LogP contribution in [-0.4, -0.2) is 103 Å². The third-order valence-corrected chi connectivity index (χ3v) is 8.88. The molecule has 6 heterocycles. The summed E-state index contributed by atoms with van der Waals surface area (Å²) in [5.41, 5.74) is 2.98. The van der Waals surface area contributed by atoms with Gasteiger partial charge < -0.3 is 15.1 Å². The lowest BCUT2D eigenvalue weighted by Gasteiger charge is -2.42. The van der Waals surface area contributed by atoms with Crippen LogP contribution in [0.4, 0.5) is 23.3 Å². The summed E-state index contributed by atoms with van der Waals surface area (Å²) >= 11 is 0. The highest BCUT2D eigenvalue weighted by atomic mass is 32.2. The summed E-state index contributed by atoms with van der Waals surface area (Å²) in [6.07, 6.45) is 11.2. The van der Waals surface area contributed by atoms with Crippen LogP contribution in [-0.2, 0) is 16.1 Å². The van der Waals surface area contributed by atoms with Crippen molar-refractivity contribution in [2.75, 3.05) is 69.0 Å². The minimum absolute atomic E-state index is 0.442. The van der Waals surface area contributed by atoms with Crippen LogP contribution in [0.5, 0.6) is 0 Å². The number of anilines is 3. The summed E-state index contributed by atoms with van der Waals surface area (Å²) in [5.74, 6) is 2.29. The van der Waals surface area contributed by atoms with E-state index in [1.54, 1.807) is 18.6 Å². The second kappa shape index (κ2) is 12.6. The van der Waals surface area contributed by atoms with Gasteiger partial charge in [0.1, 0.15) is 11.6 Å². The number of hydrogen-bond acceptors (Lipinski definition) is 10. The molecule has 0 saturated carbocycles. The van der Waals surface area contributed by atoms with Gasteiger partial charge in [-0.15, -0.1) is 0 Å². The molecular formula is C31H42N10OS. The number of nitrogens with zero attached hydrogens (tertiary/aromatic N) is 9. The molecule has 0 amide bonds. The molecule has 0 aliphatic carbocycles. The number of pyridine rings is 2. The number of aryl methyl sites for hydroxylation is 1. The van der Waals surface area contributed by atoms with E-state index in [0.29, 0.717) is 29.4 Å². The fraction of sp³-hybridized carbons (Fsp3) is 0.484. The van der Waals surface area contributed by atoms with E-state index in [4.69, 9.17) is 15.0 Å². The number of hydrogen-bond donors (Lipinski definition) is 1. The van der Waals surface area contributed by atoms with E-state index in [1.165, 1.54) is 39.0 Å². The molecule has 228 valence electrons. The predicted octanol–water partition coefficient (Wildman–Crippen LogP) is 4.48. The first-order valence-electron chi connectivity index (χ1n) is 15.2. The van der Waals surface area contributed by atoms with Crippen molar-refractivity contribution in [2.24, 2.45) is 4.36 Å². The van der Waals surface area contributed by atoms with Gasteiger partial charge in [-0.3, -0.25) is 9.47 Å². The van der Waals surface area contributed by atoms with E-state index in [0.717, 1.165) is 48.3 Å². The van der Waals surface area contributed by atoms with Crippen LogP contribution < -0.4 is 10.2 Å². The van der Waals surface area contributed by atoms with Gasteiger partial charge in [-0.1, -0.05) is 19.4 Å². The van der Waals surface area contributed by atoms with Crippen molar-refractivity contribution in [1.29, 1.82) is 0 Å². The molecule has 12 heteroatoms. The van der Waals surface area contributed by atoms with E-state index in [2.05, 4.69) is 55.5 Å². The molecule has 4 aromatic rings. The Bertz CT molecular complexity index is 1670. The number of nitrogens with one attached hydrogen (secondary N) is 1. The molecule has 0 aromatic carbocycles. The third-order valence-electron chi connectivity index (χ3n) is 8.26. The topological polar surface area (TPSA) is 108 Å². The number of aromatic nitrogens is 5. The normalized spacial score (nSPS) is 17.4. The van der Waals surface area contributed by atoms with Gasteiger partial charge in [0.25, 0.3) is 0 Å². The average molecular weight is 603 g/mol. The zero-order valence-corrected chi connectivity index (χ0v) is 26.4. The number of fused-ring (bicyclic) bond motifs is 1. The number of rotatable bonds is 8. The quantitative estimate of drug-likeness (QED) is 0.312. The Morgan fingerprint density at radius 3 is 2.47 bits per heavy atom. The molecule has 0 bridgehead atoms. The Morgan fingerprint density at radius 1 is 0.977 bits per heavy atom. The molecule has 2 saturated heterocycles. The van der Waals surface area contributed by atoms with Crippen LogP contribution in [0.3, 0.4) is 0 Å². The lowest BCUT2D eigenvalue weighted by Crippen LogP contribution is -2.52. The first-order valence-corrected chi connectivity index (χ1v) is 17.5. The molecule has 11 nitrogen and oxygen atoms in total. The minimum Gasteiger partial charge on any atom is -0.370 e. The van der Waals surface area contributed by atoms with E-state index >= 15 is 0 Å². The average Bonchev–Trinajstić information content (AvgIpc) is 3.35. The van der Waals surface area contributed by atoms with Crippen LogP contribution in [0.25, 0.3) is 16.9 Å². The summed E-state index contributed by atoms with van der Waals surface area (Å²) in [4.78, 5) is 26.4. The molecule has 0 radical (unpaired) electrons. The zero-order chi connectivity index (χ0) is 30.0. The highest BCUT2D eigenvalue weighted by Gasteiger charge is 2.27. The van der Waals surface area contributed by atoms with Crippen molar-refractivity contribution < 1.29 is 4.21 Å². The van der Waals surface area contributed by atoms with Crippen LogP contribution in [0.2, 0.25) is 0 Å². The van der Waals surface area contributed by atoms with Crippen LogP contribution >= 0.6 is 0 Å². The van der Waals surface area contributed by atoms with Gasteiger partial charge in [0.15, 0.2) is 11.5 Å². The molecule has 0 atom stereocenters. The third kappa shape index (κ3) is 6.97. The summed E-state index contributed by atoms with van der Waals surface area (Å²) in [6, 6.07) is 12.5. The maximum Gasteiger partial charge on any atom is 0.230 e. The molecule has 4 aromatic heterocycles. The standard InChI is InChI=1S/C31H42N10OS/c1-5-7-25-20-23-21-33-31(36-30(23)41(25)29-9-6-8-28(34-29)37-43(3,4)42)35-27-11-10-26(22-32-27)39-14-12-24(13-15-39)40-18-16-38(2)17-19-40/h6,8-11,20-22,24H,5,7,12-19H2,1-4H3,(H,32,33,35,36). The zero-order valence-electron chi connectivity index (χ0n) is 25.6. The van der Waals surface area contributed by atoms with Gasteiger partial charge in [-0.25, -0.2) is 19.2 Å². The Hall–Kier alpha value is -3.61. The van der Waals surface area contributed by atoms with E-state index < -0.39 is 9.73 Å². The minimum atomic E-state index is -2.33. The van der Waals surface area contributed by atoms with Crippen LogP contribution in [0, 0.1) is 0 Å². The van der Waals surface area contributed by atoms with E-state index in [1.807, 2.05) is 35.2 Å². The van der Waals surface area contributed by atoms with Crippen molar-refractivity contribution in [3.8, 4) is 5.82 Å². The highest BCUT2D eigenvalue weighted by Crippen LogP contribution is 2.27. The maximum absolute atomic E-state index is 12.3. The summed E-state index contributed by atoms with van der Waals surface area (Å²) in [7, 11) is -0.118. The number of likely N-dealkylation sites (N-methyl/N-ethyl adjacent to an activating group) is 1. The summed E-state index contributed by atoms with van der Waals surface area (Å²) < 4.78 is 18.6. The predicted molar refractivity (Wildman–Crippen MR) is 175 cm³/mol. The summed E-state index contributed by atoms with van der Waals surface area (Å²) in [6.45, 7) is 8.96. The Labute approximate surface area is 254 Å². The van der Waals surface area contributed by atoms with Crippen molar-refractivity contribution in [3.05, 3.63) is 54.5 Å². The molecule has 2 fully saturated rings. The Kier molecular flexibility index (Phi) is 8.60. The second-order valence-corrected chi connectivity index (χ2v) is 14.4. The largest absolute Gasteiger partial charge is 0.370 e. The van der Waals surface area contributed by atoms with Gasteiger partial charge in [0, 0.05) is 84.8 Å². The first-order chi connectivity index (χ1) is 20.8.